The van der Waals surface area contributed by atoms with Crippen LogP contribution in [0.2, 0.25) is 0 Å². The number of carbonyl (C=O) groups excluding carboxylic acids is 1. The standard InChI is InChI=1S/C35H40O3.C32H34O3/c1-3-20-35(36)24-34(2)31(18-19-32(34)38-23-26-12-8-5-9-13-26)30-16-14-27-21-28(15-17-29(27)33(30)35)37-22-25-10-6-4-7-11-25;1-32-19-29(33)31-26-15-13-25(34-20-22-8-4-2-5-9-22)18-24(26)12-14-27(31)28(32)16-17-30(32)35-21-23-10-6-3-7-11-23/h3-13,15,17,21,30-33,36H,1,14,16,18-20,22-24H2,2H3;2-11,13,15,18,27-28,30-31H,12,14,16-17,19-21H2,1H3/t30?,31?,32-,33?,34-,35-;27?,28?,30-,31?,32-/m00/s1. The van der Waals surface area contributed by atoms with Crippen LogP contribution >= 0.6 is 0 Å². The summed E-state index contributed by atoms with van der Waals surface area (Å²) in [5, 5.41) is 12.4. The van der Waals surface area contributed by atoms with Gasteiger partial charge in [-0.3, -0.25) is 4.79 Å². The van der Waals surface area contributed by atoms with Crippen molar-refractivity contribution in [2.75, 3.05) is 0 Å². The Kier molecular flexibility index (Phi) is 14.4. The van der Waals surface area contributed by atoms with Crippen molar-refractivity contribution in [2.24, 2.45) is 34.5 Å². The molecule has 6 aliphatic rings. The number of ketones is 1. The second kappa shape index (κ2) is 21.2. The van der Waals surface area contributed by atoms with Crippen LogP contribution in [0.5, 0.6) is 11.5 Å². The summed E-state index contributed by atoms with van der Waals surface area (Å²) < 4.78 is 25.3. The normalized spacial score (nSPS) is 30.5. The highest BCUT2D eigenvalue weighted by Crippen LogP contribution is 2.66. The van der Waals surface area contributed by atoms with Gasteiger partial charge in [-0.15, -0.1) is 6.58 Å². The molecule has 0 radical (unpaired) electrons. The number of benzene rings is 6. The van der Waals surface area contributed by atoms with Crippen LogP contribution < -0.4 is 9.47 Å². The van der Waals surface area contributed by atoms with Crippen molar-refractivity contribution in [3.8, 4) is 11.5 Å². The molecule has 0 saturated heterocycles. The lowest BCUT2D eigenvalue weighted by molar-refractivity contribution is -0.151. The van der Waals surface area contributed by atoms with Crippen LogP contribution in [-0.4, -0.2) is 28.7 Å². The summed E-state index contributed by atoms with van der Waals surface area (Å²) >= 11 is 0. The average molecular weight is 975 g/mol. The first-order valence-corrected chi connectivity index (χ1v) is 27.4. The van der Waals surface area contributed by atoms with E-state index in [0.717, 1.165) is 68.4 Å². The van der Waals surface area contributed by atoms with E-state index >= 15 is 0 Å². The number of aliphatic hydroxyl groups is 1. The Morgan fingerprint density at radius 3 is 1.52 bits per heavy atom. The predicted molar refractivity (Wildman–Crippen MR) is 289 cm³/mol. The number of carbonyl (C=O) groups is 1. The molecule has 6 heteroatoms. The zero-order valence-corrected chi connectivity index (χ0v) is 43.0. The van der Waals surface area contributed by atoms with Crippen LogP contribution in [0.4, 0.5) is 0 Å². The molecule has 0 spiro atoms. The van der Waals surface area contributed by atoms with E-state index < -0.39 is 5.60 Å². The molecule has 11 atom stereocenters. The first-order chi connectivity index (χ1) is 35.6. The van der Waals surface area contributed by atoms with Crippen molar-refractivity contribution in [2.45, 2.75) is 141 Å². The maximum absolute atomic E-state index is 13.7. The number of fused-ring (bicyclic) bond motifs is 10. The molecule has 1 N–H and O–H groups in total. The molecule has 6 aromatic carbocycles. The molecule has 73 heavy (non-hydrogen) atoms. The highest BCUT2D eigenvalue weighted by molar-refractivity contribution is 5.88. The fourth-order valence-electron chi connectivity index (χ4n) is 15.4. The third-order valence-corrected chi connectivity index (χ3v) is 18.7. The lowest BCUT2D eigenvalue weighted by Gasteiger charge is -2.58. The van der Waals surface area contributed by atoms with Gasteiger partial charge < -0.3 is 24.1 Å². The first-order valence-electron chi connectivity index (χ1n) is 27.4. The number of aryl methyl sites for hydroxylation is 2. The molecule has 0 aromatic heterocycles. The number of hydrogen-bond donors (Lipinski definition) is 1. The van der Waals surface area contributed by atoms with Crippen molar-refractivity contribution < 1.29 is 28.8 Å². The van der Waals surface area contributed by atoms with E-state index in [1.54, 1.807) is 0 Å². The SMILES string of the molecule is C=CC[C@]1(O)C[C@@]2(C)C(CC[C@@H]2OCc2ccccc2)C2CCc3cc(OCc4ccccc4)ccc3C21.C[C@]12CC(=O)C3c4ccc(OCc5ccccc5)cc4CCC3C1CC[C@@H]2OCc1ccccc1. The Morgan fingerprint density at radius 1 is 0.548 bits per heavy atom. The minimum atomic E-state index is -0.821. The van der Waals surface area contributed by atoms with Gasteiger partial charge in [0.1, 0.15) is 30.5 Å². The summed E-state index contributed by atoms with van der Waals surface area (Å²) in [6, 6.07) is 54.4. The van der Waals surface area contributed by atoms with Crippen molar-refractivity contribution in [1.82, 2.24) is 0 Å². The lowest BCUT2D eigenvalue weighted by Crippen LogP contribution is -2.56. The summed E-state index contributed by atoms with van der Waals surface area (Å²) in [4.78, 5) is 13.7. The van der Waals surface area contributed by atoms with Crippen LogP contribution in [0.1, 0.15) is 128 Å². The van der Waals surface area contributed by atoms with E-state index in [4.69, 9.17) is 18.9 Å². The van der Waals surface area contributed by atoms with Crippen molar-refractivity contribution in [1.29, 1.82) is 0 Å². The fourth-order valence-corrected chi connectivity index (χ4v) is 15.4. The molecule has 4 fully saturated rings. The fraction of sp³-hybridized carbons (Fsp3) is 0.418. The topological polar surface area (TPSA) is 74.2 Å². The number of rotatable bonds is 14. The van der Waals surface area contributed by atoms with Gasteiger partial charge in [-0.25, -0.2) is 0 Å². The third kappa shape index (κ3) is 10.0. The second-order valence-electron chi connectivity index (χ2n) is 23.0. The molecule has 12 rings (SSSR count). The molecule has 6 aromatic rings. The molecule has 0 heterocycles. The first kappa shape index (κ1) is 49.4. The summed E-state index contributed by atoms with van der Waals surface area (Å²) in [6.07, 6.45) is 12.9. The summed E-state index contributed by atoms with van der Waals surface area (Å²) in [5.74, 6) is 4.36. The lowest BCUT2D eigenvalue weighted by atomic mass is 9.49. The van der Waals surface area contributed by atoms with Crippen molar-refractivity contribution in [3.63, 3.8) is 0 Å². The second-order valence-corrected chi connectivity index (χ2v) is 23.0. The zero-order valence-electron chi connectivity index (χ0n) is 43.0. The van der Waals surface area contributed by atoms with E-state index in [2.05, 4.69) is 130 Å². The maximum atomic E-state index is 13.7. The van der Waals surface area contributed by atoms with Crippen molar-refractivity contribution >= 4 is 5.78 Å². The predicted octanol–water partition coefficient (Wildman–Crippen LogP) is 14.5. The summed E-state index contributed by atoms with van der Waals surface area (Å²) in [5.41, 5.74) is 9.03. The Balaban J connectivity index is 0.000000158. The molecule has 378 valence electrons. The van der Waals surface area contributed by atoms with Gasteiger partial charge in [-0.1, -0.05) is 153 Å². The number of Topliss-reactive ketones (excluding diaryl/α,β-unsaturated/α-hetero) is 1. The Morgan fingerprint density at radius 2 is 1.00 bits per heavy atom. The van der Waals surface area contributed by atoms with Gasteiger partial charge in [0.05, 0.1) is 31.0 Å². The quantitative estimate of drug-likeness (QED) is 0.110. The van der Waals surface area contributed by atoms with Gasteiger partial charge in [-0.05, 0) is 162 Å². The van der Waals surface area contributed by atoms with Crippen LogP contribution in [0.25, 0.3) is 0 Å². The molecule has 6 nitrogen and oxygen atoms in total. The van der Waals surface area contributed by atoms with Gasteiger partial charge >= 0.3 is 0 Å². The molecule has 0 aliphatic heterocycles. The molecule has 6 aliphatic carbocycles. The Labute approximate surface area is 434 Å². The van der Waals surface area contributed by atoms with Gasteiger partial charge in [0.25, 0.3) is 0 Å². The Bertz CT molecular complexity index is 2830. The summed E-state index contributed by atoms with van der Waals surface area (Å²) in [6.45, 7) is 11.2. The monoisotopic (exact) mass is 975 g/mol. The van der Waals surface area contributed by atoms with Crippen molar-refractivity contribution in [3.05, 3.63) is 215 Å². The third-order valence-electron chi connectivity index (χ3n) is 18.7. The molecule has 4 saturated carbocycles. The zero-order chi connectivity index (χ0) is 50.0. The average Bonchev–Trinajstić information content (AvgIpc) is 3.93. The summed E-state index contributed by atoms with van der Waals surface area (Å²) in [7, 11) is 0. The van der Waals surface area contributed by atoms with Gasteiger partial charge in [0.2, 0.25) is 0 Å². The van der Waals surface area contributed by atoms with Crippen LogP contribution in [-0.2, 0) is 53.5 Å². The number of ether oxygens (including phenoxy) is 4. The van der Waals surface area contributed by atoms with E-state index in [1.807, 2.05) is 54.6 Å². The van der Waals surface area contributed by atoms with Crippen LogP contribution in [0.3, 0.4) is 0 Å². The van der Waals surface area contributed by atoms with Gasteiger partial charge in [0.15, 0.2) is 0 Å². The van der Waals surface area contributed by atoms with Gasteiger partial charge in [-0.2, -0.15) is 0 Å². The molecular weight excluding hydrogens is 901 g/mol. The largest absolute Gasteiger partial charge is 0.489 e. The molecule has 0 amide bonds. The molecular formula is C67H74O6. The van der Waals surface area contributed by atoms with Gasteiger partial charge in [0, 0.05) is 23.7 Å². The highest BCUT2D eigenvalue weighted by Gasteiger charge is 2.63. The molecule has 0 bridgehead atoms. The smallest absolute Gasteiger partial charge is 0.141 e. The van der Waals surface area contributed by atoms with E-state index in [-0.39, 0.29) is 34.9 Å². The highest BCUT2D eigenvalue weighted by atomic mass is 16.5. The van der Waals surface area contributed by atoms with E-state index in [0.29, 0.717) is 68.7 Å². The number of hydrogen-bond acceptors (Lipinski definition) is 6. The molecule has 6 unspecified atom stereocenters. The minimum absolute atomic E-state index is 0.0351. The minimum Gasteiger partial charge on any atom is -0.489 e. The Hall–Kier alpha value is -5.79. The van der Waals surface area contributed by atoms with E-state index in [1.165, 1.54) is 45.4 Å². The van der Waals surface area contributed by atoms with Crippen LogP contribution in [0.15, 0.2) is 170 Å². The maximum Gasteiger partial charge on any atom is 0.141 e. The van der Waals surface area contributed by atoms with E-state index in [9.17, 15) is 9.90 Å². The van der Waals surface area contributed by atoms with Crippen LogP contribution in [0, 0.1) is 34.5 Å².